The number of carbonyl (C=O) groups is 2. The molecular formula is C22H22ClNO3S. The van der Waals surface area contributed by atoms with Crippen LogP contribution in [0, 0.1) is 0 Å². The molecule has 0 fully saturated rings. The Morgan fingerprint density at radius 2 is 1.64 bits per heavy atom. The molecule has 2 aromatic rings. The fourth-order valence-corrected chi connectivity index (χ4v) is 4.06. The van der Waals surface area contributed by atoms with Gasteiger partial charge in [-0.05, 0) is 54.5 Å². The van der Waals surface area contributed by atoms with Crippen LogP contribution in [-0.4, -0.2) is 35.6 Å². The summed E-state index contributed by atoms with van der Waals surface area (Å²) in [4.78, 5) is 27.9. The third-order valence-electron chi connectivity index (χ3n) is 4.41. The molecule has 0 atom stereocenters. The number of hydrogen-bond acceptors (Lipinski definition) is 4. The number of amides is 2. The van der Waals surface area contributed by atoms with Crippen molar-refractivity contribution < 1.29 is 14.3 Å². The Kier molecular flexibility index (Phi) is 6.81. The molecule has 0 unspecified atom stereocenters. The van der Waals surface area contributed by atoms with Crippen LogP contribution in [0.5, 0.6) is 5.75 Å². The summed E-state index contributed by atoms with van der Waals surface area (Å²) in [5.74, 6) is 1.02. The van der Waals surface area contributed by atoms with Crippen LogP contribution in [0.4, 0.5) is 0 Å². The van der Waals surface area contributed by atoms with Gasteiger partial charge in [0.1, 0.15) is 5.75 Å². The van der Waals surface area contributed by atoms with E-state index in [1.807, 2.05) is 62.4 Å². The van der Waals surface area contributed by atoms with Crippen LogP contribution in [0.15, 0.2) is 53.4 Å². The number of ether oxygens (including phenoxy) is 1. The lowest BCUT2D eigenvalue weighted by atomic mass is 10.1. The molecule has 146 valence electrons. The molecule has 0 saturated heterocycles. The Morgan fingerprint density at radius 3 is 2.25 bits per heavy atom. The lowest BCUT2D eigenvalue weighted by Gasteiger charge is -2.15. The molecular weight excluding hydrogens is 394 g/mol. The van der Waals surface area contributed by atoms with Gasteiger partial charge in [0.2, 0.25) is 0 Å². The predicted octanol–water partition coefficient (Wildman–Crippen LogP) is 4.81. The number of rotatable bonds is 8. The van der Waals surface area contributed by atoms with Crippen LogP contribution in [0.3, 0.4) is 0 Å². The van der Waals surface area contributed by atoms with Crippen LogP contribution in [0.2, 0.25) is 5.02 Å². The molecule has 3 rings (SSSR count). The number of thioether (sulfide) groups is 1. The zero-order valence-electron chi connectivity index (χ0n) is 15.9. The Hall–Kier alpha value is -2.24. The van der Waals surface area contributed by atoms with Crippen LogP contribution in [0.1, 0.15) is 25.0 Å². The summed E-state index contributed by atoms with van der Waals surface area (Å²) in [7, 11) is 0. The minimum absolute atomic E-state index is 0.213. The van der Waals surface area contributed by atoms with E-state index in [4.69, 9.17) is 16.3 Å². The normalized spacial score (nSPS) is 14.2. The lowest BCUT2D eigenvalue weighted by Crippen LogP contribution is -2.33. The lowest BCUT2D eigenvalue weighted by molar-refractivity contribution is -0.136. The molecule has 0 N–H and O–H groups in total. The quantitative estimate of drug-likeness (QED) is 0.580. The first-order valence-corrected chi connectivity index (χ1v) is 10.6. The maximum absolute atomic E-state index is 13.1. The van der Waals surface area contributed by atoms with Crippen LogP contribution >= 0.6 is 23.4 Å². The average molecular weight is 416 g/mol. The number of benzene rings is 2. The van der Waals surface area contributed by atoms with E-state index in [2.05, 4.69) is 0 Å². The maximum Gasteiger partial charge on any atom is 0.267 e. The van der Waals surface area contributed by atoms with Crippen molar-refractivity contribution in [3.63, 3.8) is 0 Å². The van der Waals surface area contributed by atoms with Gasteiger partial charge >= 0.3 is 0 Å². The van der Waals surface area contributed by atoms with Gasteiger partial charge in [0, 0.05) is 11.6 Å². The molecule has 0 spiro atoms. The highest BCUT2D eigenvalue weighted by atomic mass is 35.5. The molecule has 0 saturated carbocycles. The molecule has 0 aliphatic carbocycles. The molecule has 0 bridgehead atoms. The molecule has 0 aromatic heterocycles. The number of imide groups is 1. The van der Waals surface area contributed by atoms with Crippen molar-refractivity contribution in [3.05, 3.63) is 69.6 Å². The number of halogens is 1. The first-order valence-electron chi connectivity index (χ1n) is 9.26. The van der Waals surface area contributed by atoms with Crippen molar-refractivity contribution in [2.45, 2.75) is 20.3 Å². The van der Waals surface area contributed by atoms with Gasteiger partial charge in [0.15, 0.2) is 0 Å². The minimum Gasteiger partial charge on any atom is -0.494 e. The first-order chi connectivity index (χ1) is 13.5. The zero-order valence-corrected chi connectivity index (χ0v) is 17.5. The van der Waals surface area contributed by atoms with Crippen LogP contribution < -0.4 is 4.74 Å². The van der Waals surface area contributed by atoms with Crippen molar-refractivity contribution in [3.8, 4) is 5.75 Å². The van der Waals surface area contributed by atoms with Crippen molar-refractivity contribution in [2.24, 2.45) is 0 Å². The Balaban J connectivity index is 1.82. The van der Waals surface area contributed by atoms with Gasteiger partial charge in [-0.25, -0.2) is 0 Å². The molecule has 0 radical (unpaired) electrons. The largest absolute Gasteiger partial charge is 0.494 e. The second kappa shape index (κ2) is 9.30. The van der Waals surface area contributed by atoms with E-state index in [-0.39, 0.29) is 11.8 Å². The SMILES string of the molecule is CCOc1ccc(C2=C(SCC)C(=O)N(CCc3ccc(Cl)cc3)C2=O)cc1. The van der Waals surface area contributed by atoms with E-state index in [1.54, 1.807) is 0 Å². The Labute approximate surface area is 174 Å². The zero-order chi connectivity index (χ0) is 20.1. The number of hydrogen-bond donors (Lipinski definition) is 0. The number of carbonyl (C=O) groups excluding carboxylic acids is 2. The van der Waals surface area contributed by atoms with Crippen molar-refractivity contribution >= 4 is 40.8 Å². The van der Waals surface area contributed by atoms with E-state index in [0.29, 0.717) is 35.1 Å². The summed E-state index contributed by atoms with van der Waals surface area (Å²) in [6.45, 7) is 4.81. The topological polar surface area (TPSA) is 46.6 Å². The van der Waals surface area contributed by atoms with Gasteiger partial charge in [-0.3, -0.25) is 14.5 Å². The monoisotopic (exact) mass is 415 g/mol. The molecule has 6 heteroatoms. The van der Waals surface area contributed by atoms with Gasteiger partial charge in [0.05, 0.1) is 17.1 Å². The summed E-state index contributed by atoms with van der Waals surface area (Å²) in [6, 6.07) is 14.8. The molecule has 2 amide bonds. The number of nitrogens with zero attached hydrogens (tertiary/aromatic N) is 1. The maximum atomic E-state index is 13.1. The first kappa shape index (κ1) is 20.5. The highest BCUT2D eigenvalue weighted by Crippen LogP contribution is 2.36. The molecule has 28 heavy (non-hydrogen) atoms. The van der Waals surface area contributed by atoms with E-state index in [9.17, 15) is 9.59 Å². The van der Waals surface area contributed by atoms with Crippen molar-refractivity contribution in [2.75, 3.05) is 18.9 Å². The Bertz CT molecular complexity index is 891. The van der Waals surface area contributed by atoms with Gasteiger partial charge < -0.3 is 4.74 Å². The van der Waals surface area contributed by atoms with Gasteiger partial charge in [-0.15, -0.1) is 11.8 Å². The fourth-order valence-electron chi connectivity index (χ4n) is 3.07. The summed E-state index contributed by atoms with van der Waals surface area (Å²) >= 11 is 7.33. The van der Waals surface area contributed by atoms with Crippen LogP contribution in [0.25, 0.3) is 5.57 Å². The van der Waals surface area contributed by atoms with Crippen LogP contribution in [-0.2, 0) is 16.0 Å². The second-order valence-electron chi connectivity index (χ2n) is 6.23. The van der Waals surface area contributed by atoms with E-state index in [1.165, 1.54) is 16.7 Å². The minimum atomic E-state index is -0.237. The average Bonchev–Trinajstić information content (AvgIpc) is 2.93. The standard InChI is InChI=1S/C22H22ClNO3S/c1-3-27-18-11-7-16(8-12-18)19-20(28-4-2)22(26)24(21(19)25)14-13-15-5-9-17(23)10-6-15/h5-12H,3-4,13-14H2,1-2H3. The summed E-state index contributed by atoms with van der Waals surface area (Å²) in [6.07, 6.45) is 0.593. The van der Waals surface area contributed by atoms with Gasteiger partial charge in [-0.2, -0.15) is 0 Å². The van der Waals surface area contributed by atoms with E-state index < -0.39 is 0 Å². The highest BCUT2D eigenvalue weighted by molar-refractivity contribution is 8.04. The molecule has 1 aliphatic heterocycles. The summed E-state index contributed by atoms with van der Waals surface area (Å²) in [5.41, 5.74) is 2.26. The third kappa shape index (κ3) is 4.42. The predicted molar refractivity (Wildman–Crippen MR) is 115 cm³/mol. The van der Waals surface area contributed by atoms with Gasteiger partial charge in [0.25, 0.3) is 11.8 Å². The second-order valence-corrected chi connectivity index (χ2v) is 7.94. The smallest absolute Gasteiger partial charge is 0.267 e. The molecule has 1 aliphatic rings. The highest BCUT2D eigenvalue weighted by Gasteiger charge is 2.38. The molecule has 2 aromatic carbocycles. The third-order valence-corrected chi connectivity index (χ3v) is 5.61. The fraction of sp³-hybridized carbons (Fsp3) is 0.273. The molecule has 4 nitrogen and oxygen atoms in total. The molecule has 1 heterocycles. The summed E-state index contributed by atoms with van der Waals surface area (Å²) < 4.78 is 5.47. The van der Waals surface area contributed by atoms with Crippen molar-refractivity contribution in [1.29, 1.82) is 0 Å². The Morgan fingerprint density at radius 1 is 0.964 bits per heavy atom. The summed E-state index contributed by atoms with van der Waals surface area (Å²) in [5, 5.41) is 0.665. The van der Waals surface area contributed by atoms with E-state index >= 15 is 0 Å². The van der Waals surface area contributed by atoms with Crippen molar-refractivity contribution in [1.82, 2.24) is 4.90 Å². The van der Waals surface area contributed by atoms with E-state index in [0.717, 1.165) is 22.6 Å². The van der Waals surface area contributed by atoms with Gasteiger partial charge in [-0.1, -0.05) is 42.8 Å².